The number of nitrogens with zero attached hydrogens (tertiary/aromatic N) is 4. The van der Waals surface area contributed by atoms with Crippen molar-refractivity contribution in [3.8, 4) is 0 Å². The number of hydrogen-bond acceptors (Lipinski definition) is 6. The van der Waals surface area contributed by atoms with Gasteiger partial charge in [-0.1, -0.05) is 0 Å². The topological polar surface area (TPSA) is 75.6 Å². The number of piperidine rings is 2. The number of anilines is 1. The van der Waals surface area contributed by atoms with Gasteiger partial charge in [0.05, 0.1) is 7.11 Å². The second-order valence-corrected chi connectivity index (χ2v) is 6.40. The van der Waals surface area contributed by atoms with E-state index in [4.69, 9.17) is 4.74 Å². The Morgan fingerprint density at radius 1 is 1.08 bits per heavy atom. The number of aromatic nitrogens is 2. The van der Waals surface area contributed by atoms with Crippen LogP contribution in [0.1, 0.15) is 42.6 Å². The highest BCUT2D eigenvalue weighted by Gasteiger charge is 2.29. The van der Waals surface area contributed by atoms with Crippen molar-refractivity contribution in [2.45, 2.75) is 32.1 Å². The number of likely N-dealkylation sites (tertiary alicyclic amines) is 1. The van der Waals surface area contributed by atoms with Crippen LogP contribution in [0.4, 0.5) is 5.82 Å². The van der Waals surface area contributed by atoms with Crippen molar-refractivity contribution in [3.63, 3.8) is 0 Å². The Kier molecular flexibility index (Phi) is 5.27. The molecular weight excluding hydrogens is 308 g/mol. The van der Waals surface area contributed by atoms with Gasteiger partial charge in [-0.05, 0) is 32.1 Å². The molecule has 2 aliphatic rings. The molecule has 2 saturated heterocycles. The minimum Gasteiger partial charge on any atom is -0.464 e. The van der Waals surface area contributed by atoms with E-state index < -0.39 is 5.97 Å². The number of methoxy groups -OCH3 is 1. The number of amides is 1. The lowest BCUT2D eigenvalue weighted by molar-refractivity contribution is -0.137. The Morgan fingerprint density at radius 3 is 2.46 bits per heavy atom. The second kappa shape index (κ2) is 7.59. The largest absolute Gasteiger partial charge is 0.464 e. The Hall–Kier alpha value is -2.18. The Morgan fingerprint density at radius 2 is 1.79 bits per heavy atom. The molecule has 1 aromatic heterocycles. The predicted molar refractivity (Wildman–Crippen MR) is 88.7 cm³/mol. The average Bonchev–Trinajstić information content (AvgIpc) is 2.67. The summed E-state index contributed by atoms with van der Waals surface area (Å²) in [5, 5.41) is 0. The molecule has 1 aromatic rings. The monoisotopic (exact) mass is 332 g/mol. The van der Waals surface area contributed by atoms with Crippen LogP contribution in [0.25, 0.3) is 0 Å². The fourth-order valence-electron chi connectivity index (χ4n) is 3.46. The predicted octanol–water partition coefficient (Wildman–Crippen LogP) is 1.49. The Labute approximate surface area is 142 Å². The molecule has 0 bridgehead atoms. The van der Waals surface area contributed by atoms with Gasteiger partial charge in [0.2, 0.25) is 5.91 Å². The summed E-state index contributed by atoms with van der Waals surface area (Å²) in [4.78, 5) is 36.5. The molecule has 0 saturated carbocycles. The molecule has 3 heterocycles. The van der Waals surface area contributed by atoms with Crippen molar-refractivity contribution in [1.82, 2.24) is 14.9 Å². The number of hydrogen-bond donors (Lipinski definition) is 0. The van der Waals surface area contributed by atoms with Crippen LogP contribution in [0.5, 0.6) is 0 Å². The third-order valence-corrected chi connectivity index (χ3v) is 4.88. The van der Waals surface area contributed by atoms with Gasteiger partial charge in [-0.3, -0.25) is 4.79 Å². The Bertz CT molecular complexity index is 593. The molecule has 130 valence electrons. The van der Waals surface area contributed by atoms with Gasteiger partial charge in [0, 0.05) is 38.2 Å². The van der Waals surface area contributed by atoms with Crippen LogP contribution in [-0.2, 0) is 9.53 Å². The zero-order valence-electron chi connectivity index (χ0n) is 14.1. The highest BCUT2D eigenvalue weighted by atomic mass is 16.5. The molecule has 7 heteroatoms. The lowest BCUT2D eigenvalue weighted by atomic mass is 9.94. The molecule has 1 amide bonds. The highest BCUT2D eigenvalue weighted by molar-refractivity contribution is 5.87. The smallest absolute Gasteiger partial charge is 0.356 e. The fourth-order valence-corrected chi connectivity index (χ4v) is 3.46. The first kappa shape index (κ1) is 16.7. The van der Waals surface area contributed by atoms with Crippen molar-refractivity contribution in [2.75, 3.05) is 38.2 Å². The van der Waals surface area contributed by atoms with E-state index in [0.29, 0.717) is 11.7 Å². The van der Waals surface area contributed by atoms with Gasteiger partial charge in [-0.25, -0.2) is 14.8 Å². The summed E-state index contributed by atoms with van der Waals surface area (Å²) in [6.07, 6.45) is 6.52. The zero-order valence-corrected chi connectivity index (χ0v) is 14.1. The SMILES string of the molecule is COC(=O)c1cc(N2CCC(C(=O)N3CCCCC3)CC2)ncn1. The molecule has 0 atom stereocenters. The van der Waals surface area contributed by atoms with Gasteiger partial charge in [0.25, 0.3) is 0 Å². The summed E-state index contributed by atoms with van der Waals surface area (Å²) in [6, 6.07) is 1.65. The molecule has 2 fully saturated rings. The third kappa shape index (κ3) is 3.66. The van der Waals surface area contributed by atoms with Crippen LogP contribution < -0.4 is 4.90 Å². The van der Waals surface area contributed by atoms with Gasteiger partial charge in [0.1, 0.15) is 12.1 Å². The van der Waals surface area contributed by atoms with E-state index in [9.17, 15) is 9.59 Å². The summed E-state index contributed by atoms with van der Waals surface area (Å²) in [5.74, 6) is 0.677. The summed E-state index contributed by atoms with van der Waals surface area (Å²) in [7, 11) is 1.34. The van der Waals surface area contributed by atoms with Crippen molar-refractivity contribution >= 4 is 17.7 Å². The summed E-state index contributed by atoms with van der Waals surface area (Å²) in [6.45, 7) is 3.35. The summed E-state index contributed by atoms with van der Waals surface area (Å²) in [5.41, 5.74) is 0.258. The Balaban J connectivity index is 1.58. The lowest BCUT2D eigenvalue weighted by Crippen LogP contribution is -2.44. The van der Waals surface area contributed by atoms with Crippen molar-refractivity contribution in [2.24, 2.45) is 5.92 Å². The maximum Gasteiger partial charge on any atom is 0.356 e. The molecule has 0 aromatic carbocycles. The minimum atomic E-state index is -0.464. The first-order valence-electron chi connectivity index (χ1n) is 8.63. The standard InChI is InChI=1S/C17H24N4O3/c1-24-17(23)14-11-15(19-12-18-14)20-9-5-13(6-10-20)16(22)21-7-3-2-4-8-21/h11-13H,2-10H2,1H3. The maximum atomic E-state index is 12.6. The van der Waals surface area contributed by atoms with Crippen LogP contribution in [0.15, 0.2) is 12.4 Å². The van der Waals surface area contributed by atoms with Crippen molar-refractivity contribution in [3.05, 3.63) is 18.1 Å². The zero-order chi connectivity index (χ0) is 16.9. The van der Waals surface area contributed by atoms with Crippen LogP contribution in [0.2, 0.25) is 0 Å². The van der Waals surface area contributed by atoms with E-state index in [2.05, 4.69) is 14.9 Å². The average molecular weight is 332 g/mol. The van der Waals surface area contributed by atoms with Crippen LogP contribution in [0, 0.1) is 5.92 Å². The molecule has 0 spiro atoms. The van der Waals surface area contributed by atoms with Gasteiger partial charge >= 0.3 is 5.97 Å². The van der Waals surface area contributed by atoms with E-state index in [1.165, 1.54) is 19.9 Å². The minimum absolute atomic E-state index is 0.112. The fraction of sp³-hybridized carbons (Fsp3) is 0.647. The number of carbonyl (C=O) groups is 2. The molecule has 3 rings (SSSR count). The van der Waals surface area contributed by atoms with E-state index >= 15 is 0 Å². The number of esters is 1. The third-order valence-electron chi connectivity index (χ3n) is 4.88. The molecule has 24 heavy (non-hydrogen) atoms. The first-order valence-corrected chi connectivity index (χ1v) is 8.63. The van der Waals surface area contributed by atoms with Crippen LogP contribution in [-0.4, -0.2) is 60.0 Å². The number of ether oxygens (including phenoxy) is 1. The van der Waals surface area contributed by atoms with E-state index in [1.807, 2.05) is 4.90 Å². The summed E-state index contributed by atoms with van der Waals surface area (Å²) >= 11 is 0. The highest BCUT2D eigenvalue weighted by Crippen LogP contribution is 2.24. The molecular formula is C17H24N4O3. The molecule has 0 unspecified atom stereocenters. The van der Waals surface area contributed by atoms with Gasteiger partial charge < -0.3 is 14.5 Å². The normalized spacial score (nSPS) is 19.2. The first-order chi connectivity index (χ1) is 11.7. The van der Waals surface area contributed by atoms with Crippen LogP contribution in [0.3, 0.4) is 0 Å². The molecule has 0 radical (unpaired) electrons. The summed E-state index contributed by atoms with van der Waals surface area (Å²) < 4.78 is 4.70. The molecule has 7 nitrogen and oxygen atoms in total. The molecule has 0 N–H and O–H groups in total. The van der Waals surface area contributed by atoms with Crippen molar-refractivity contribution in [1.29, 1.82) is 0 Å². The second-order valence-electron chi connectivity index (χ2n) is 6.40. The number of rotatable bonds is 3. The van der Waals surface area contributed by atoms with Gasteiger partial charge in [-0.15, -0.1) is 0 Å². The molecule has 0 aliphatic carbocycles. The van der Waals surface area contributed by atoms with E-state index in [0.717, 1.165) is 51.9 Å². The van der Waals surface area contributed by atoms with E-state index in [1.54, 1.807) is 6.07 Å². The maximum absolute atomic E-state index is 12.6. The van der Waals surface area contributed by atoms with Gasteiger partial charge in [0.15, 0.2) is 5.69 Å². The number of carbonyl (C=O) groups excluding carboxylic acids is 2. The van der Waals surface area contributed by atoms with Crippen LogP contribution >= 0.6 is 0 Å². The quantitative estimate of drug-likeness (QED) is 0.781. The molecule has 2 aliphatic heterocycles. The van der Waals surface area contributed by atoms with E-state index in [-0.39, 0.29) is 11.6 Å². The van der Waals surface area contributed by atoms with Gasteiger partial charge in [-0.2, -0.15) is 0 Å². The van der Waals surface area contributed by atoms with Crippen molar-refractivity contribution < 1.29 is 14.3 Å². The lowest BCUT2D eigenvalue weighted by Gasteiger charge is -2.36.